The number of halogens is 1. The number of likely N-dealkylation sites (N-methyl/N-ethyl adjacent to an activating group) is 1. The molecule has 0 aliphatic rings. The molecule has 0 spiro atoms. The summed E-state index contributed by atoms with van der Waals surface area (Å²) in [7, 11) is -0.964. The van der Waals surface area contributed by atoms with Gasteiger partial charge in [0, 0.05) is 7.05 Å². The lowest BCUT2D eigenvalue weighted by Gasteiger charge is -2.16. The van der Waals surface area contributed by atoms with Crippen LogP contribution >= 0.6 is 11.6 Å². The number of hydrogen-bond donors (Lipinski definition) is 1. The maximum atomic E-state index is 12.5. The Morgan fingerprint density at radius 2 is 1.93 bits per heavy atom. The number of carbonyl (C=O) groups excluding carboxylic acids is 1. The van der Waals surface area contributed by atoms with E-state index in [2.05, 4.69) is 10.5 Å². The molecule has 162 valence electrons. The van der Waals surface area contributed by atoms with Crippen LogP contribution in [-0.2, 0) is 14.8 Å². The van der Waals surface area contributed by atoms with Gasteiger partial charge in [0.2, 0.25) is 10.0 Å². The van der Waals surface area contributed by atoms with E-state index in [1.54, 1.807) is 24.3 Å². The van der Waals surface area contributed by atoms with E-state index in [4.69, 9.17) is 21.1 Å². The van der Waals surface area contributed by atoms with Crippen molar-refractivity contribution in [1.29, 1.82) is 0 Å². The first-order valence-electron chi connectivity index (χ1n) is 9.04. The first-order chi connectivity index (χ1) is 14.2. The minimum atomic E-state index is -3.78. The number of sulfonamides is 1. The van der Waals surface area contributed by atoms with Crippen molar-refractivity contribution in [2.45, 2.75) is 18.7 Å². The van der Waals surface area contributed by atoms with Gasteiger partial charge in [-0.2, -0.15) is 9.41 Å². The average molecular weight is 454 g/mol. The zero-order valence-corrected chi connectivity index (χ0v) is 18.7. The molecular formula is C20H24ClN3O5S. The van der Waals surface area contributed by atoms with Crippen molar-refractivity contribution in [2.75, 3.05) is 27.3 Å². The molecule has 1 amide bonds. The summed E-state index contributed by atoms with van der Waals surface area (Å²) in [4.78, 5) is 12.2. The molecule has 0 aliphatic heterocycles. The number of rotatable bonds is 9. The Labute approximate surface area is 181 Å². The van der Waals surface area contributed by atoms with Crippen LogP contribution in [0.1, 0.15) is 18.1 Å². The highest BCUT2D eigenvalue weighted by Crippen LogP contribution is 2.35. The van der Waals surface area contributed by atoms with Gasteiger partial charge in [-0.1, -0.05) is 29.3 Å². The number of hydrogen-bond acceptors (Lipinski definition) is 6. The Balaban J connectivity index is 2.02. The molecule has 30 heavy (non-hydrogen) atoms. The van der Waals surface area contributed by atoms with Gasteiger partial charge in [-0.25, -0.2) is 13.8 Å². The fourth-order valence-electron chi connectivity index (χ4n) is 2.49. The smallest absolute Gasteiger partial charge is 0.255 e. The lowest BCUT2D eigenvalue weighted by molar-refractivity contribution is -0.121. The largest absolute Gasteiger partial charge is 0.493 e. The minimum Gasteiger partial charge on any atom is -0.493 e. The highest BCUT2D eigenvalue weighted by molar-refractivity contribution is 7.89. The van der Waals surface area contributed by atoms with Gasteiger partial charge in [0.05, 0.1) is 36.4 Å². The number of amides is 1. The average Bonchev–Trinajstić information content (AvgIpc) is 2.70. The molecule has 2 aromatic carbocycles. The van der Waals surface area contributed by atoms with Gasteiger partial charge in [0.15, 0.2) is 11.5 Å². The number of aryl methyl sites for hydroxylation is 1. The Kier molecular flexibility index (Phi) is 8.22. The molecule has 2 aromatic rings. The lowest BCUT2D eigenvalue weighted by Crippen LogP contribution is -2.36. The summed E-state index contributed by atoms with van der Waals surface area (Å²) < 4.78 is 36.7. The Morgan fingerprint density at radius 3 is 2.53 bits per heavy atom. The topological polar surface area (TPSA) is 97.3 Å². The molecule has 0 aromatic heterocycles. The van der Waals surface area contributed by atoms with E-state index < -0.39 is 15.9 Å². The first-order valence-corrected chi connectivity index (χ1v) is 10.9. The van der Waals surface area contributed by atoms with Crippen molar-refractivity contribution in [3.63, 3.8) is 0 Å². The molecule has 0 saturated heterocycles. The molecule has 0 atom stereocenters. The fourth-order valence-corrected chi connectivity index (χ4v) is 3.89. The summed E-state index contributed by atoms with van der Waals surface area (Å²) in [5.41, 5.74) is 3.81. The van der Waals surface area contributed by atoms with Crippen LogP contribution in [-0.4, -0.2) is 52.2 Å². The molecule has 0 aliphatic carbocycles. The van der Waals surface area contributed by atoms with Gasteiger partial charge < -0.3 is 9.47 Å². The van der Waals surface area contributed by atoms with Crippen LogP contribution < -0.4 is 14.9 Å². The summed E-state index contributed by atoms with van der Waals surface area (Å²) in [6.45, 7) is 3.73. The number of nitrogens with zero attached hydrogens (tertiary/aromatic N) is 2. The van der Waals surface area contributed by atoms with Gasteiger partial charge in [0.25, 0.3) is 5.91 Å². The van der Waals surface area contributed by atoms with Crippen molar-refractivity contribution in [3.05, 3.63) is 52.5 Å². The van der Waals surface area contributed by atoms with Crippen molar-refractivity contribution >= 4 is 33.7 Å². The molecule has 0 radical (unpaired) electrons. The van der Waals surface area contributed by atoms with Gasteiger partial charge in [-0.3, -0.25) is 4.79 Å². The molecule has 0 bridgehead atoms. The molecule has 0 saturated carbocycles. The number of methoxy groups -OCH3 is 1. The van der Waals surface area contributed by atoms with Crippen LogP contribution in [0.3, 0.4) is 0 Å². The van der Waals surface area contributed by atoms with Crippen LogP contribution in [0.25, 0.3) is 0 Å². The van der Waals surface area contributed by atoms with Crippen molar-refractivity contribution in [2.24, 2.45) is 5.10 Å². The summed E-state index contributed by atoms with van der Waals surface area (Å²) in [5, 5.41) is 4.19. The molecule has 8 nitrogen and oxygen atoms in total. The second kappa shape index (κ2) is 10.4. The third-order valence-electron chi connectivity index (χ3n) is 4.04. The van der Waals surface area contributed by atoms with E-state index in [-0.39, 0.29) is 11.4 Å². The van der Waals surface area contributed by atoms with Gasteiger partial charge in [-0.15, -0.1) is 0 Å². The highest BCUT2D eigenvalue weighted by Gasteiger charge is 2.22. The van der Waals surface area contributed by atoms with Gasteiger partial charge in [0.1, 0.15) is 0 Å². The van der Waals surface area contributed by atoms with Crippen molar-refractivity contribution < 1.29 is 22.7 Å². The van der Waals surface area contributed by atoms with Crippen LogP contribution in [0.15, 0.2) is 46.4 Å². The fraction of sp³-hybridized carbons (Fsp3) is 0.300. The molecule has 10 heteroatoms. The SMILES string of the molecule is CCOc1c(Cl)cc(/C=N/NC(=O)CN(C)S(=O)(=O)c2ccc(C)cc2)cc1OC. The summed E-state index contributed by atoms with van der Waals surface area (Å²) in [6, 6.07) is 9.66. The summed E-state index contributed by atoms with van der Waals surface area (Å²) in [6.07, 6.45) is 1.37. The van der Waals surface area contributed by atoms with Gasteiger partial charge in [-0.05, 0) is 43.7 Å². The van der Waals surface area contributed by atoms with Crippen LogP contribution in [0.4, 0.5) is 0 Å². The van der Waals surface area contributed by atoms with E-state index in [9.17, 15) is 13.2 Å². The second-order valence-electron chi connectivity index (χ2n) is 6.33. The molecule has 0 heterocycles. The Morgan fingerprint density at radius 1 is 1.27 bits per heavy atom. The number of carbonyl (C=O) groups is 1. The predicted octanol–water partition coefficient (Wildman–Crippen LogP) is 2.83. The maximum absolute atomic E-state index is 12.5. The van der Waals surface area contributed by atoms with E-state index >= 15 is 0 Å². The molecule has 1 N–H and O–H groups in total. The molecule has 2 rings (SSSR count). The number of ether oxygens (including phenoxy) is 2. The third kappa shape index (κ3) is 5.94. The van der Waals surface area contributed by atoms with Crippen LogP contribution in [0.2, 0.25) is 5.02 Å². The Bertz CT molecular complexity index is 1020. The van der Waals surface area contributed by atoms with Gasteiger partial charge >= 0.3 is 0 Å². The predicted molar refractivity (Wildman–Crippen MR) is 116 cm³/mol. The van der Waals surface area contributed by atoms with E-state index in [1.807, 2.05) is 13.8 Å². The van der Waals surface area contributed by atoms with Crippen molar-refractivity contribution in [1.82, 2.24) is 9.73 Å². The normalized spacial score (nSPS) is 11.7. The lowest BCUT2D eigenvalue weighted by atomic mass is 10.2. The summed E-state index contributed by atoms with van der Waals surface area (Å²) >= 11 is 6.19. The third-order valence-corrected chi connectivity index (χ3v) is 6.14. The molecule has 0 unspecified atom stereocenters. The quantitative estimate of drug-likeness (QED) is 0.465. The second-order valence-corrected chi connectivity index (χ2v) is 8.79. The zero-order chi connectivity index (χ0) is 22.3. The minimum absolute atomic E-state index is 0.114. The molecular weight excluding hydrogens is 430 g/mol. The standard InChI is InChI=1S/C20H24ClN3O5S/c1-5-29-20-17(21)10-15(11-18(20)28-4)12-22-23-19(25)13-24(3)30(26,27)16-8-6-14(2)7-9-16/h6-12H,5,13H2,1-4H3,(H,23,25)/b22-12+. The highest BCUT2D eigenvalue weighted by atomic mass is 35.5. The van der Waals surface area contributed by atoms with E-state index in [1.165, 1.54) is 32.5 Å². The zero-order valence-electron chi connectivity index (χ0n) is 17.2. The maximum Gasteiger partial charge on any atom is 0.255 e. The number of benzene rings is 2. The number of hydrazone groups is 1. The van der Waals surface area contributed by atoms with Crippen molar-refractivity contribution in [3.8, 4) is 11.5 Å². The first kappa shape index (κ1) is 23.7. The number of nitrogens with one attached hydrogen (secondary N) is 1. The summed E-state index contributed by atoms with van der Waals surface area (Å²) in [5.74, 6) is 0.264. The van der Waals surface area contributed by atoms with E-state index in [0.29, 0.717) is 28.7 Å². The van der Waals surface area contributed by atoms with Crippen LogP contribution in [0.5, 0.6) is 11.5 Å². The van der Waals surface area contributed by atoms with E-state index in [0.717, 1.165) is 9.87 Å². The Hall–Kier alpha value is -2.62. The van der Waals surface area contributed by atoms with Crippen LogP contribution in [0, 0.1) is 6.92 Å². The molecule has 0 fully saturated rings. The monoisotopic (exact) mass is 453 g/mol.